The van der Waals surface area contributed by atoms with Crippen LogP contribution in [0.15, 0.2) is 56.9 Å². The van der Waals surface area contributed by atoms with E-state index in [0.29, 0.717) is 52.1 Å². The molecule has 0 bridgehead atoms. The number of nitrogens with one attached hydrogen (secondary N) is 1. The van der Waals surface area contributed by atoms with E-state index in [1.165, 1.54) is 27.8 Å². The number of imidazole rings is 1. The normalized spacial score (nSPS) is 18.9. The van der Waals surface area contributed by atoms with E-state index in [2.05, 4.69) is 31.3 Å². The molecule has 47 heavy (non-hydrogen) atoms. The molecule has 1 N–H and O–H groups in total. The molecule has 6 rings (SSSR count). The number of ether oxygens (including phenoxy) is 2. The van der Waals surface area contributed by atoms with Gasteiger partial charge in [0.15, 0.2) is 5.65 Å². The van der Waals surface area contributed by atoms with E-state index >= 15 is 0 Å². The molecule has 4 heterocycles. The Kier molecular flexibility index (Phi) is 8.06. The Morgan fingerprint density at radius 3 is 2.40 bits per heavy atom. The van der Waals surface area contributed by atoms with E-state index in [4.69, 9.17) is 9.47 Å². The van der Waals surface area contributed by atoms with Crippen molar-refractivity contribution in [1.82, 2.24) is 33.2 Å². The lowest BCUT2D eigenvalue weighted by Gasteiger charge is -2.38. The first kappa shape index (κ1) is 32.8. The molecule has 1 amide bonds. The number of aryl methyl sites for hydroxylation is 2. The van der Waals surface area contributed by atoms with Gasteiger partial charge >= 0.3 is 11.8 Å². The number of aromatic nitrogens is 6. The predicted octanol–water partition coefficient (Wildman–Crippen LogP) is 5.50. The molecule has 13 nitrogen and oxygen atoms in total. The van der Waals surface area contributed by atoms with Gasteiger partial charge in [-0.3, -0.25) is 13.8 Å². The average molecular weight is 729 g/mol. The Morgan fingerprint density at radius 1 is 1.13 bits per heavy atom. The van der Waals surface area contributed by atoms with Crippen LogP contribution in [0.4, 0.5) is 4.79 Å². The number of methoxy groups -OCH3 is 1. The van der Waals surface area contributed by atoms with Gasteiger partial charge in [0.25, 0.3) is 10.0 Å². The fourth-order valence-electron chi connectivity index (χ4n) is 6.45. The van der Waals surface area contributed by atoms with Gasteiger partial charge in [-0.1, -0.05) is 18.2 Å². The number of halogens is 1. The van der Waals surface area contributed by atoms with E-state index < -0.39 is 27.3 Å². The van der Waals surface area contributed by atoms with Crippen molar-refractivity contribution in [3.63, 3.8) is 0 Å². The summed E-state index contributed by atoms with van der Waals surface area (Å²) in [4.78, 5) is 31.3. The van der Waals surface area contributed by atoms with Gasteiger partial charge in [-0.15, -0.1) is 5.10 Å². The smallest absolute Gasteiger partial charge is 0.408 e. The summed E-state index contributed by atoms with van der Waals surface area (Å²) in [7, 11) is 0.670. The van der Waals surface area contributed by atoms with E-state index in [0.717, 1.165) is 0 Å². The molecule has 0 aliphatic heterocycles. The first-order valence-corrected chi connectivity index (χ1v) is 17.5. The van der Waals surface area contributed by atoms with Gasteiger partial charge in [-0.2, -0.15) is 0 Å². The van der Waals surface area contributed by atoms with Crippen LogP contribution in [0.5, 0.6) is 5.88 Å². The number of rotatable bonds is 6. The quantitative estimate of drug-likeness (QED) is 0.242. The summed E-state index contributed by atoms with van der Waals surface area (Å²) in [5.74, 6) is 0.228. The Bertz CT molecular complexity index is 2180. The van der Waals surface area contributed by atoms with Crippen LogP contribution in [0.2, 0.25) is 0 Å². The zero-order valence-electron chi connectivity index (χ0n) is 27.4. The van der Waals surface area contributed by atoms with Gasteiger partial charge in [0.1, 0.15) is 5.60 Å². The molecule has 0 radical (unpaired) electrons. The Balaban J connectivity index is 1.55. The van der Waals surface area contributed by atoms with Gasteiger partial charge in [-0.05, 0) is 81.4 Å². The first-order chi connectivity index (χ1) is 22.1. The van der Waals surface area contributed by atoms with Gasteiger partial charge in [0.2, 0.25) is 5.88 Å². The molecular formula is C32H38BrN7O6S. The Hall–Kier alpha value is -4.11. The highest BCUT2D eigenvalue weighted by Gasteiger charge is 2.38. The lowest BCUT2D eigenvalue weighted by molar-refractivity contribution is 0.0427. The van der Waals surface area contributed by atoms with Crippen LogP contribution in [-0.4, -0.2) is 60.6 Å². The van der Waals surface area contributed by atoms with Gasteiger partial charge < -0.3 is 14.8 Å². The average Bonchev–Trinajstić information content (AvgIpc) is 3.61. The summed E-state index contributed by atoms with van der Waals surface area (Å²) in [6.45, 7) is 7.45. The van der Waals surface area contributed by atoms with E-state index in [1.54, 1.807) is 53.9 Å². The summed E-state index contributed by atoms with van der Waals surface area (Å²) in [5, 5.41) is 7.89. The molecule has 1 saturated carbocycles. The van der Waals surface area contributed by atoms with Gasteiger partial charge in [-0.25, -0.2) is 27.0 Å². The van der Waals surface area contributed by atoms with Gasteiger partial charge in [0.05, 0.1) is 50.4 Å². The number of pyridine rings is 1. The second kappa shape index (κ2) is 11.5. The summed E-state index contributed by atoms with van der Waals surface area (Å²) in [6, 6.07) is 7.90. The molecular weight excluding hydrogens is 690 g/mol. The molecule has 1 fully saturated rings. The fraction of sp³-hybridized carbons (Fsp3) is 0.438. The number of carbonyl (C=O) groups is 1. The number of nitrogens with zero attached hydrogens (tertiary/aromatic N) is 6. The van der Waals surface area contributed by atoms with Gasteiger partial charge in [0, 0.05) is 31.9 Å². The number of benzene rings is 1. The maximum atomic E-state index is 14.4. The molecule has 4 aromatic heterocycles. The van der Waals surface area contributed by atoms with Crippen molar-refractivity contribution in [2.75, 3.05) is 7.11 Å². The summed E-state index contributed by atoms with van der Waals surface area (Å²) >= 11 is 3.76. The van der Waals surface area contributed by atoms with Crippen molar-refractivity contribution in [2.45, 2.75) is 75.5 Å². The molecule has 0 saturated heterocycles. The second-order valence-electron chi connectivity index (χ2n) is 13.3. The van der Waals surface area contributed by atoms with Crippen LogP contribution < -0.4 is 15.7 Å². The third kappa shape index (κ3) is 5.62. The summed E-state index contributed by atoms with van der Waals surface area (Å²) in [5.41, 5.74) is 0.602. The van der Waals surface area contributed by atoms with Crippen molar-refractivity contribution in [1.29, 1.82) is 0 Å². The van der Waals surface area contributed by atoms with Crippen LogP contribution in [0.3, 0.4) is 0 Å². The molecule has 250 valence electrons. The molecule has 1 aromatic carbocycles. The lowest BCUT2D eigenvalue weighted by Crippen LogP contribution is -2.50. The van der Waals surface area contributed by atoms with Crippen molar-refractivity contribution in [3.05, 3.63) is 57.7 Å². The number of hydrogen-bond acceptors (Lipinski definition) is 8. The number of hydrogen-bond donors (Lipinski definition) is 1. The van der Waals surface area contributed by atoms with Crippen LogP contribution in [0.25, 0.3) is 33.3 Å². The number of amides is 1. The molecule has 1 aliphatic carbocycles. The predicted molar refractivity (Wildman–Crippen MR) is 181 cm³/mol. The fourth-order valence-corrected chi connectivity index (χ4v) is 8.83. The van der Waals surface area contributed by atoms with Crippen LogP contribution >= 0.6 is 15.9 Å². The molecule has 15 heteroatoms. The number of carbonyl (C=O) groups excluding carboxylic acids is 1. The lowest BCUT2D eigenvalue weighted by atomic mass is 9.80. The maximum Gasteiger partial charge on any atom is 0.408 e. The van der Waals surface area contributed by atoms with Crippen LogP contribution in [0, 0.1) is 0 Å². The molecule has 1 aliphatic rings. The van der Waals surface area contributed by atoms with Crippen LogP contribution in [0.1, 0.15) is 59.4 Å². The van der Waals surface area contributed by atoms with Crippen LogP contribution in [-0.2, 0) is 28.9 Å². The van der Waals surface area contributed by atoms with Crippen molar-refractivity contribution in [2.24, 2.45) is 14.1 Å². The minimum Gasteiger partial charge on any atom is -0.479 e. The Morgan fingerprint density at radius 2 is 1.79 bits per heavy atom. The standard InChI is InChI=1S/C32H38BrN7O6S/c1-31(2,3)46-29(41)35-32(4)15-13-19(14-16-32)39-26-22(38(6)30(39)42)17-34-27-23(26)24(33)25(21-18-37(5)36-28(21)45-7)40(27)47(43,44)20-11-9-8-10-12-20/h8-12,17-19H,13-16H2,1-7H3,(H,35,41). The monoisotopic (exact) mass is 727 g/mol. The highest BCUT2D eigenvalue weighted by Crippen LogP contribution is 2.46. The zero-order chi connectivity index (χ0) is 34.1. The van der Waals surface area contributed by atoms with Crippen molar-refractivity contribution >= 4 is 54.1 Å². The topological polar surface area (TPSA) is 144 Å². The highest BCUT2D eigenvalue weighted by atomic mass is 79.9. The van der Waals surface area contributed by atoms with E-state index in [9.17, 15) is 18.0 Å². The second-order valence-corrected chi connectivity index (χ2v) is 15.9. The zero-order valence-corrected chi connectivity index (χ0v) is 29.8. The third-order valence-electron chi connectivity index (χ3n) is 8.68. The SMILES string of the molecule is COc1nn(C)cc1-c1c(Br)c2c(ncc3c2n(C2CCC(C)(NC(=O)OC(C)(C)C)CC2)c(=O)n3C)n1S(=O)(=O)c1ccccc1. The maximum absolute atomic E-state index is 14.4. The largest absolute Gasteiger partial charge is 0.479 e. The summed E-state index contributed by atoms with van der Waals surface area (Å²) in [6.07, 6.45) is 5.16. The summed E-state index contributed by atoms with van der Waals surface area (Å²) < 4.78 is 46.4. The molecule has 0 spiro atoms. The molecule has 0 atom stereocenters. The van der Waals surface area contributed by atoms with E-state index in [-0.39, 0.29) is 33.8 Å². The highest BCUT2D eigenvalue weighted by molar-refractivity contribution is 9.10. The molecule has 5 aromatic rings. The Labute approximate surface area is 280 Å². The minimum absolute atomic E-state index is 0.0740. The van der Waals surface area contributed by atoms with E-state index in [1.807, 2.05) is 27.7 Å². The van der Waals surface area contributed by atoms with Crippen molar-refractivity contribution in [3.8, 4) is 17.1 Å². The number of alkyl carbamates (subject to hydrolysis) is 1. The third-order valence-corrected chi connectivity index (χ3v) is 11.2. The minimum atomic E-state index is -4.20. The first-order valence-electron chi connectivity index (χ1n) is 15.3. The number of fused-ring (bicyclic) bond motifs is 3. The van der Waals surface area contributed by atoms with Crippen molar-refractivity contribution < 1.29 is 22.7 Å². The molecule has 0 unspecified atom stereocenters.